The SMILES string of the molecule is CS(=O)(=O)N[C@@H]1CCO[C@]2(CCN(c3ncccn3)C2)C1.O=C(O)C(F)(F)F. The van der Waals surface area contributed by atoms with Gasteiger partial charge in [-0.2, -0.15) is 13.2 Å². The number of halogens is 3. The Balaban J connectivity index is 0.000000345. The van der Waals surface area contributed by atoms with Crippen LogP contribution in [0.15, 0.2) is 18.5 Å². The van der Waals surface area contributed by atoms with E-state index in [0.717, 1.165) is 19.4 Å². The van der Waals surface area contributed by atoms with Crippen LogP contribution in [0.5, 0.6) is 0 Å². The number of carbonyl (C=O) groups is 1. The molecule has 158 valence electrons. The summed E-state index contributed by atoms with van der Waals surface area (Å²) >= 11 is 0. The average Bonchev–Trinajstić information content (AvgIpc) is 2.97. The quantitative estimate of drug-likeness (QED) is 0.728. The summed E-state index contributed by atoms with van der Waals surface area (Å²) in [5.74, 6) is -2.05. The molecule has 1 aromatic rings. The Hall–Kier alpha value is -1.99. The van der Waals surface area contributed by atoms with Gasteiger partial charge in [-0.05, 0) is 25.3 Å². The molecule has 2 atom stereocenters. The van der Waals surface area contributed by atoms with Crippen LogP contribution in [0.4, 0.5) is 19.1 Å². The number of nitrogens with zero attached hydrogens (tertiary/aromatic N) is 3. The molecule has 9 nitrogen and oxygen atoms in total. The van der Waals surface area contributed by atoms with Crippen LogP contribution in [-0.4, -0.2) is 73.2 Å². The van der Waals surface area contributed by atoms with E-state index in [1.165, 1.54) is 6.26 Å². The van der Waals surface area contributed by atoms with Crippen LogP contribution < -0.4 is 9.62 Å². The lowest BCUT2D eigenvalue weighted by atomic mass is 9.90. The molecular formula is C15H21F3N4O5S. The van der Waals surface area contributed by atoms with Gasteiger partial charge in [-0.3, -0.25) is 0 Å². The first kappa shape index (κ1) is 22.3. The minimum absolute atomic E-state index is 0.0506. The highest BCUT2D eigenvalue weighted by molar-refractivity contribution is 7.88. The number of anilines is 1. The van der Waals surface area contributed by atoms with Crippen LogP contribution in [0.25, 0.3) is 0 Å². The molecule has 3 rings (SSSR count). The van der Waals surface area contributed by atoms with E-state index in [4.69, 9.17) is 14.6 Å². The third-order valence-corrected chi connectivity index (χ3v) is 5.03. The molecular weight excluding hydrogens is 405 g/mol. The lowest BCUT2D eigenvalue weighted by molar-refractivity contribution is -0.192. The minimum atomic E-state index is -5.08. The molecule has 2 saturated heterocycles. The van der Waals surface area contributed by atoms with Gasteiger partial charge in [0.15, 0.2) is 0 Å². The van der Waals surface area contributed by atoms with Crippen LogP contribution in [-0.2, 0) is 19.6 Å². The number of carboxylic acids is 1. The number of hydrogen-bond donors (Lipinski definition) is 2. The van der Waals surface area contributed by atoms with Gasteiger partial charge in [0.2, 0.25) is 16.0 Å². The average molecular weight is 426 g/mol. The zero-order valence-corrected chi connectivity index (χ0v) is 15.8. The fourth-order valence-electron chi connectivity index (χ4n) is 3.19. The molecule has 2 N–H and O–H groups in total. The number of rotatable bonds is 3. The summed E-state index contributed by atoms with van der Waals surface area (Å²) in [5, 5.41) is 7.12. The summed E-state index contributed by atoms with van der Waals surface area (Å²) in [6.07, 6.45) is 1.85. The summed E-state index contributed by atoms with van der Waals surface area (Å²) < 4.78 is 63.2. The van der Waals surface area contributed by atoms with Crippen molar-refractivity contribution in [3.05, 3.63) is 18.5 Å². The van der Waals surface area contributed by atoms with Crippen LogP contribution in [0.3, 0.4) is 0 Å². The number of aliphatic carboxylic acids is 1. The summed E-state index contributed by atoms with van der Waals surface area (Å²) in [6.45, 7) is 2.12. The normalized spacial score (nSPS) is 25.3. The maximum Gasteiger partial charge on any atom is 0.490 e. The molecule has 1 spiro atoms. The van der Waals surface area contributed by atoms with Crippen molar-refractivity contribution in [2.45, 2.75) is 37.1 Å². The lowest BCUT2D eigenvalue weighted by Gasteiger charge is -2.38. The maximum absolute atomic E-state index is 11.4. The summed E-state index contributed by atoms with van der Waals surface area (Å²) in [5.41, 5.74) is -0.292. The number of alkyl halides is 3. The second-order valence-corrected chi connectivity index (χ2v) is 8.41. The van der Waals surface area contributed by atoms with Crippen molar-refractivity contribution in [1.29, 1.82) is 0 Å². The molecule has 2 aliphatic heterocycles. The molecule has 3 heterocycles. The Kier molecular flexibility index (Phi) is 6.83. The van der Waals surface area contributed by atoms with Crippen LogP contribution in [0, 0.1) is 0 Å². The Labute approximate surface area is 160 Å². The van der Waals surface area contributed by atoms with Crippen molar-refractivity contribution >= 4 is 21.9 Å². The second kappa shape index (κ2) is 8.57. The maximum atomic E-state index is 11.4. The van der Waals surface area contributed by atoms with Gasteiger partial charge >= 0.3 is 12.1 Å². The molecule has 0 amide bonds. The van der Waals surface area contributed by atoms with Crippen molar-refractivity contribution in [3.63, 3.8) is 0 Å². The van der Waals surface area contributed by atoms with Crippen LogP contribution in [0.2, 0.25) is 0 Å². The van der Waals surface area contributed by atoms with Gasteiger partial charge < -0.3 is 14.7 Å². The van der Waals surface area contributed by atoms with Crippen molar-refractivity contribution in [1.82, 2.24) is 14.7 Å². The Bertz CT molecular complexity index is 778. The predicted octanol–water partition coefficient (Wildman–Crippen LogP) is 0.787. The van der Waals surface area contributed by atoms with Crippen LogP contribution >= 0.6 is 0 Å². The van der Waals surface area contributed by atoms with E-state index in [9.17, 15) is 21.6 Å². The molecule has 0 radical (unpaired) electrons. The van der Waals surface area contributed by atoms with Crippen molar-refractivity contribution in [2.75, 3.05) is 30.9 Å². The highest BCUT2D eigenvalue weighted by Crippen LogP contribution is 2.35. The van der Waals surface area contributed by atoms with E-state index < -0.39 is 22.2 Å². The zero-order valence-electron chi connectivity index (χ0n) is 15.0. The third kappa shape index (κ3) is 6.56. The zero-order chi connectivity index (χ0) is 21.0. The predicted molar refractivity (Wildman–Crippen MR) is 92.2 cm³/mol. The Morgan fingerprint density at radius 1 is 1.39 bits per heavy atom. The molecule has 0 aliphatic carbocycles. The van der Waals surface area contributed by atoms with Gasteiger partial charge in [-0.15, -0.1) is 0 Å². The van der Waals surface area contributed by atoms with E-state index in [2.05, 4.69) is 19.6 Å². The standard InChI is InChI=1S/C13H20N4O3S.C2HF3O2/c1-21(18,19)16-11-3-8-20-13(9-11)4-7-17(10-13)12-14-5-2-6-15-12;3-2(4,5)1(6)7/h2,5-6,11,16H,3-4,7-10H2,1H3;(H,6,7)/t11-,13-;/m1./s1. The number of sulfonamides is 1. The molecule has 2 fully saturated rings. The Morgan fingerprint density at radius 2 is 2.00 bits per heavy atom. The smallest absolute Gasteiger partial charge is 0.475 e. The summed E-state index contributed by atoms with van der Waals surface area (Å²) in [6, 6.07) is 1.74. The summed E-state index contributed by atoms with van der Waals surface area (Å²) in [7, 11) is -3.18. The molecule has 1 aromatic heterocycles. The number of aromatic nitrogens is 2. The van der Waals surface area contributed by atoms with E-state index in [-0.39, 0.29) is 11.6 Å². The lowest BCUT2D eigenvalue weighted by Crippen LogP contribution is -2.49. The number of hydrogen-bond acceptors (Lipinski definition) is 7. The molecule has 2 aliphatic rings. The second-order valence-electron chi connectivity index (χ2n) is 6.63. The van der Waals surface area contributed by atoms with Crippen molar-refractivity contribution in [2.24, 2.45) is 0 Å². The highest BCUT2D eigenvalue weighted by Gasteiger charge is 2.44. The first-order chi connectivity index (χ1) is 12.9. The molecule has 28 heavy (non-hydrogen) atoms. The topological polar surface area (TPSA) is 122 Å². The van der Waals surface area contributed by atoms with E-state index in [1.807, 2.05) is 0 Å². The fourth-order valence-corrected chi connectivity index (χ4v) is 3.99. The van der Waals surface area contributed by atoms with Gasteiger partial charge in [-0.25, -0.2) is 27.9 Å². The number of carboxylic acid groups (broad SMARTS) is 1. The van der Waals surface area contributed by atoms with Crippen LogP contribution in [0.1, 0.15) is 19.3 Å². The molecule has 13 heteroatoms. The minimum Gasteiger partial charge on any atom is -0.475 e. The van der Waals surface area contributed by atoms with E-state index in [1.54, 1.807) is 18.5 Å². The van der Waals surface area contributed by atoms with Gasteiger partial charge in [-0.1, -0.05) is 0 Å². The largest absolute Gasteiger partial charge is 0.490 e. The van der Waals surface area contributed by atoms with Crippen molar-refractivity contribution < 1.29 is 36.2 Å². The van der Waals surface area contributed by atoms with Gasteiger partial charge in [0.05, 0.1) is 11.9 Å². The number of nitrogens with one attached hydrogen (secondary N) is 1. The Morgan fingerprint density at radius 3 is 2.54 bits per heavy atom. The third-order valence-electron chi connectivity index (χ3n) is 4.27. The molecule has 0 saturated carbocycles. The van der Waals surface area contributed by atoms with E-state index in [0.29, 0.717) is 25.5 Å². The van der Waals surface area contributed by atoms with Gasteiger partial charge in [0.25, 0.3) is 0 Å². The first-order valence-electron chi connectivity index (χ1n) is 8.34. The highest BCUT2D eigenvalue weighted by atomic mass is 32.2. The summed E-state index contributed by atoms with van der Waals surface area (Å²) in [4.78, 5) is 19.5. The van der Waals surface area contributed by atoms with Gasteiger partial charge in [0.1, 0.15) is 0 Å². The van der Waals surface area contributed by atoms with E-state index >= 15 is 0 Å². The monoisotopic (exact) mass is 426 g/mol. The fraction of sp³-hybridized carbons (Fsp3) is 0.667. The first-order valence-corrected chi connectivity index (χ1v) is 10.2. The molecule has 0 unspecified atom stereocenters. The van der Waals surface area contributed by atoms with Gasteiger partial charge in [0, 0.05) is 38.1 Å². The number of ether oxygens (including phenoxy) is 1. The molecule has 0 aromatic carbocycles. The molecule has 0 bridgehead atoms. The van der Waals surface area contributed by atoms with Crippen molar-refractivity contribution in [3.8, 4) is 0 Å².